The molecule has 0 bridgehead atoms. The maximum absolute atomic E-state index is 12.6. The number of fused-ring (bicyclic) bond motifs is 1. The molecule has 5 atom stereocenters. The van der Waals surface area contributed by atoms with E-state index in [2.05, 4.69) is 52.8 Å². The van der Waals surface area contributed by atoms with Gasteiger partial charge in [-0.3, -0.25) is 4.79 Å². The van der Waals surface area contributed by atoms with E-state index in [4.69, 9.17) is 0 Å². The number of amides is 1. The van der Waals surface area contributed by atoms with Gasteiger partial charge in [0.1, 0.15) is 0 Å². The molecule has 0 saturated heterocycles. The van der Waals surface area contributed by atoms with Gasteiger partial charge in [0.05, 0.1) is 11.7 Å². The number of nitrogens with zero attached hydrogens (tertiary/aromatic N) is 1. The maximum Gasteiger partial charge on any atom is 0.223 e. The first-order valence-electron chi connectivity index (χ1n) is 12.6. The Morgan fingerprint density at radius 2 is 1.94 bits per heavy atom. The molecule has 0 aliphatic heterocycles. The van der Waals surface area contributed by atoms with E-state index in [-0.39, 0.29) is 30.0 Å². The molecule has 0 radical (unpaired) electrons. The standard InChI is InChI=1S/C27H47NO3/c1-7-8-14-27(6,31)15-10-12-23-24-17-21(16-22(24)18-25(23)29)11-9-13-26(30)28(19(2)3)20(4)5/h10,12,16,19-20,22-25,29,31H,7-9,11,13-15,17-18H2,1-6H3/t22-,23+,24-,25+,27-/m0/s1. The molecule has 2 rings (SSSR count). The van der Waals surface area contributed by atoms with Gasteiger partial charge in [-0.25, -0.2) is 0 Å². The van der Waals surface area contributed by atoms with Crippen molar-refractivity contribution in [2.45, 2.75) is 123 Å². The third-order valence-electron chi connectivity index (χ3n) is 7.22. The number of rotatable bonds is 12. The Morgan fingerprint density at radius 1 is 1.26 bits per heavy atom. The molecule has 1 amide bonds. The fraction of sp³-hybridized carbons (Fsp3) is 0.815. The molecule has 2 N–H and O–H groups in total. The molecule has 4 heteroatoms. The highest BCUT2D eigenvalue weighted by molar-refractivity contribution is 5.76. The molecule has 2 aliphatic carbocycles. The van der Waals surface area contributed by atoms with Gasteiger partial charge in [-0.1, -0.05) is 43.6 Å². The number of aliphatic hydroxyl groups excluding tert-OH is 1. The van der Waals surface area contributed by atoms with Crippen LogP contribution < -0.4 is 0 Å². The Balaban J connectivity index is 1.83. The van der Waals surface area contributed by atoms with Gasteiger partial charge in [0.15, 0.2) is 0 Å². The first kappa shape index (κ1) is 26.1. The zero-order valence-electron chi connectivity index (χ0n) is 20.8. The number of aliphatic hydroxyl groups is 2. The van der Waals surface area contributed by atoms with Gasteiger partial charge in [-0.15, -0.1) is 0 Å². The van der Waals surface area contributed by atoms with Crippen LogP contribution in [0.15, 0.2) is 23.8 Å². The maximum atomic E-state index is 12.6. The zero-order valence-corrected chi connectivity index (χ0v) is 20.8. The van der Waals surface area contributed by atoms with Crippen LogP contribution in [-0.2, 0) is 4.79 Å². The van der Waals surface area contributed by atoms with Gasteiger partial charge >= 0.3 is 0 Å². The van der Waals surface area contributed by atoms with Crippen LogP contribution in [0, 0.1) is 17.8 Å². The van der Waals surface area contributed by atoms with Gasteiger partial charge < -0.3 is 15.1 Å². The number of carbonyl (C=O) groups is 1. The Labute approximate surface area is 190 Å². The highest BCUT2D eigenvalue weighted by Gasteiger charge is 2.43. The summed E-state index contributed by atoms with van der Waals surface area (Å²) < 4.78 is 0. The van der Waals surface area contributed by atoms with E-state index in [0.29, 0.717) is 24.7 Å². The normalized spacial score (nSPS) is 27.7. The third-order valence-corrected chi connectivity index (χ3v) is 7.22. The van der Waals surface area contributed by atoms with Crippen LogP contribution in [0.4, 0.5) is 0 Å². The Bertz CT molecular complexity index is 626. The van der Waals surface area contributed by atoms with E-state index in [9.17, 15) is 15.0 Å². The quantitative estimate of drug-likeness (QED) is 0.392. The molecule has 0 aromatic carbocycles. The van der Waals surface area contributed by atoms with Crippen molar-refractivity contribution in [1.82, 2.24) is 4.90 Å². The van der Waals surface area contributed by atoms with Crippen molar-refractivity contribution in [1.29, 1.82) is 0 Å². The van der Waals surface area contributed by atoms with Crippen molar-refractivity contribution in [3.05, 3.63) is 23.8 Å². The lowest BCUT2D eigenvalue weighted by atomic mass is 9.87. The lowest BCUT2D eigenvalue weighted by Crippen LogP contribution is -2.41. The fourth-order valence-corrected chi connectivity index (χ4v) is 5.70. The van der Waals surface area contributed by atoms with Crippen molar-refractivity contribution in [3.8, 4) is 0 Å². The monoisotopic (exact) mass is 433 g/mol. The van der Waals surface area contributed by atoms with Crippen LogP contribution in [0.1, 0.15) is 99.3 Å². The van der Waals surface area contributed by atoms with E-state index in [1.165, 1.54) is 5.57 Å². The van der Waals surface area contributed by atoms with Gasteiger partial charge in [0.2, 0.25) is 5.91 Å². The number of unbranched alkanes of at least 4 members (excludes halogenated alkanes) is 1. The average Bonchev–Trinajstić information content (AvgIpc) is 3.17. The van der Waals surface area contributed by atoms with E-state index in [0.717, 1.165) is 44.9 Å². The number of allylic oxidation sites excluding steroid dienone is 2. The Hall–Kier alpha value is -1.13. The van der Waals surface area contributed by atoms with Crippen molar-refractivity contribution in [2.75, 3.05) is 0 Å². The second-order valence-corrected chi connectivity index (χ2v) is 10.8. The fourth-order valence-electron chi connectivity index (χ4n) is 5.70. The van der Waals surface area contributed by atoms with Crippen molar-refractivity contribution >= 4 is 5.91 Å². The number of carbonyl (C=O) groups excluding carboxylic acids is 1. The summed E-state index contributed by atoms with van der Waals surface area (Å²) in [6.07, 6.45) is 14.3. The predicted molar refractivity (Wildman–Crippen MR) is 129 cm³/mol. The summed E-state index contributed by atoms with van der Waals surface area (Å²) in [7, 11) is 0. The van der Waals surface area contributed by atoms with E-state index >= 15 is 0 Å². The Morgan fingerprint density at radius 3 is 2.55 bits per heavy atom. The van der Waals surface area contributed by atoms with Crippen LogP contribution >= 0.6 is 0 Å². The average molecular weight is 434 g/mol. The molecule has 4 nitrogen and oxygen atoms in total. The van der Waals surface area contributed by atoms with Crippen molar-refractivity contribution in [2.24, 2.45) is 17.8 Å². The summed E-state index contributed by atoms with van der Waals surface area (Å²) in [6.45, 7) is 12.4. The molecule has 1 fully saturated rings. The zero-order chi connectivity index (χ0) is 23.2. The molecule has 0 unspecified atom stereocenters. The van der Waals surface area contributed by atoms with E-state index in [1.807, 2.05) is 11.8 Å². The molecular formula is C27H47NO3. The molecule has 0 heterocycles. The summed E-state index contributed by atoms with van der Waals surface area (Å²) in [5.41, 5.74) is 0.810. The highest BCUT2D eigenvalue weighted by atomic mass is 16.3. The van der Waals surface area contributed by atoms with Crippen LogP contribution in [-0.4, -0.2) is 44.8 Å². The second kappa shape index (κ2) is 11.7. The van der Waals surface area contributed by atoms with Crippen molar-refractivity contribution < 1.29 is 15.0 Å². The van der Waals surface area contributed by atoms with Gasteiger partial charge in [-0.05, 0) is 85.0 Å². The minimum Gasteiger partial charge on any atom is -0.392 e. The number of hydrogen-bond acceptors (Lipinski definition) is 3. The molecular weight excluding hydrogens is 386 g/mol. The summed E-state index contributed by atoms with van der Waals surface area (Å²) in [5, 5.41) is 21.1. The minimum absolute atomic E-state index is 0.180. The van der Waals surface area contributed by atoms with Crippen LogP contribution in [0.5, 0.6) is 0 Å². The van der Waals surface area contributed by atoms with Gasteiger partial charge in [-0.2, -0.15) is 0 Å². The summed E-state index contributed by atoms with van der Waals surface area (Å²) >= 11 is 0. The minimum atomic E-state index is -0.652. The Kier molecular flexibility index (Phi) is 9.82. The molecule has 0 spiro atoms. The smallest absolute Gasteiger partial charge is 0.223 e. The van der Waals surface area contributed by atoms with Crippen LogP contribution in [0.3, 0.4) is 0 Å². The molecule has 1 saturated carbocycles. The predicted octanol–water partition coefficient (Wildman–Crippen LogP) is 5.63. The first-order valence-corrected chi connectivity index (χ1v) is 12.6. The molecule has 2 aliphatic rings. The second-order valence-electron chi connectivity index (χ2n) is 10.8. The van der Waals surface area contributed by atoms with Gasteiger partial charge in [0.25, 0.3) is 0 Å². The lowest BCUT2D eigenvalue weighted by Gasteiger charge is -2.31. The SMILES string of the molecule is CCCC[C@](C)(O)CC=C[C@@H]1[C@H]2CC(CCCC(=O)N(C(C)C)C(C)C)=C[C@H]2C[C@H]1O. The highest BCUT2D eigenvalue weighted by Crippen LogP contribution is 2.48. The van der Waals surface area contributed by atoms with Crippen LogP contribution in [0.2, 0.25) is 0 Å². The van der Waals surface area contributed by atoms with Crippen LogP contribution in [0.25, 0.3) is 0 Å². The first-order chi connectivity index (χ1) is 14.6. The summed E-state index contributed by atoms with van der Waals surface area (Å²) in [6, 6.07) is 0.490. The number of hydrogen-bond donors (Lipinski definition) is 2. The summed E-state index contributed by atoms with van der Waals surface area (Å²) in [5.74, 6) is 1.37. The molecule has 178 valence electrons. The molecule has 0 aromatic heterocycles. The largest absolute Gasteiger partial charge is 0.392 e. The molecule has 31 heavy (non-hydrogen) atoms. The van der Waals surface area contributed by atoms with Crippen molar-refractivity contribution in [3.63, 3.8) is 0 Å². The topological polar surface area (TPSA) is 60.8 Å². The van der Waals surface area contributed by atoms with E-state index in [1.54, 1.807) is 0 Å². The third kappa shape index (κ3) is 7.46. The van der Waals surface area contributed by atoms with Gasteiger partial charge in [0, 0.05) is 24.4 Å². The molecule has 0 aromatic rings. The summed E-state index contributed by atoms with van der Waals surface area (Å²) in [4.78, 5) is 14.6. The lowest BCUT2D eigenvalue weighted by molar-refractivity contribution is -0.134. The van der Waals surface area contributed by atoms with E-state index < -0.39 is 5.60 Å².